The lowest BCUT2D eigenvalue weighted by molar-refractivity contribution is 0.426. The first-order valence-electron chi connectivity index (χ1n) is 12.9. The molecule has 0 amide bonds. The van der Waals surface area contributed by atoms with Crippen LogP contribution in [0.5, 0.6) is 0 Å². The summed E-state index contributed by atoms with van der Waals surface area (Å²) >= 11 is 0. The lowest BCUT2D eigenvalue weighted by Crippen LogP contribution is -2.29. The summed E-state index contributed by atoms with van der Waals surface area (Å²) in [5.74, 6) is 0. The van der Waals surface area contributed by atoms with Crippen LogP contribution in [0.15, 0.2) is 140 Å². The Labute approximate surface area is 222 Å². The maximum atomic E-state index is 9.55. The number of benzene rings is 6. The second kappa shape index (κ2) is 8.85. The molecule has 38 heavy (non-hydrogen) atoms. The van der Waals surface area contributed by atoms with Gasteiger partial charge in [-0.15, -0.1) is 0 Å². The molecule has 180 valence electrons. The van der Waals surface area contributed by atoms with Crippen LogP contribution in [0.2, 0.25) is 0 Å². The minimum absolute atomic E-state index is 0.478. The van der Waals surface area contributed by atoms with Gasteiger partial charge < -0.3 is 10.0 Å². The first kappa shape index (κ1) is 22.7. The number of fused-ring (bicyclic) bond motifs is 5. The summed E-state index contributed by atoms with van der Waals surface area (Å²) in [4.78, 5) is 0. The van der Waals surface area contributed by atoms with E-state index in [4.69, 9.17) is 0 Å². The van der Waals surface area contributed by atoms with Crippen LogP contribution < -0.4 is 5.46 Å². The maximum absolute atomic E-state index is 9.55. The summed E-state index contributed by atoms with van der Waals surface area (Å²) < 4.78 is 0. The van der Waals surface area contributed by atoms with Crippen LogP contribution in [-0.2, 0) is 5.41 Å². The highest BCUT2D eigenvalue weighted by atomic mass is 16.4. The molecule has 0 radical (unpaired) electrons. The third-order valence-electron chi connectivity index (χ3n) is 7.98. The monoisotopic (exact) mass is 488 g/mol. The van der Waals surface area contributed by atoms with E-state index in [1.165, 1.54) is 44.2 Å². The minimum Gasteiger partial charge on any atom is -0.423 e. The molecular formula is C35H25BO2. The predicted octanol–water partition coefficient (Wildman–Crippen LogP) is 6.55. The van der Waals surface area contributed by atoms with Crippen LogP contribution in [0.4, 0.5) is 0 Å². The highest BCUT2D eigenvalue weighted by Crippen LogP contribution is 2.57. The van der Waals surface area contributed by atoms with Crippen molar-refractivity contribution >= 4 is 23.4 Å². The SMILES string of the molecule is OB(O)c1ccc(-c2cccc(C3(c4ccccc4)c4ccccc4-c4c3ccc3ccccc43)c2)cc1. The van der Waals surface area contributed by atoms with Crippen molar-refractivity contribution in [3.63, 3.8) is 0 Å². The van der Waals surface area contributed by atoms with E-state index in [0.29, 0.717) is 5.46 Å². The topological polar surface area (TPSA) is 40.5 Å². The van der Waals surface area contributed by atoms with Crippen molar-refractivity contribution in [3.8, 4) is 22.3 Å². The fraction of sp³-hybridized carbons (Fsp3) is 0.0286. The molecule has 0 aliphatic heterocycles. The average molecular weight is 488 g/mol. The first-order valence-corrected chi connectivity index (χ1v) is 12.9. The van der Waals surface area contributed by atoms with Crippen molar-refractivity contribution in [3.05, 3.63) is 162 Å². The van der Waals surface area contributed by atoms with E-state index in [1.807, 2.05) is 12.1 Å². The van der Waals surface area contributed by atoms with E-state index >= 15 is 0 Å². The van der Waals surface area contributed by atoms with E-state index in [0.717, 1.165) is 11.1 Å². The third kappa shape index (κ3) is 3.30. The predicted molar refractivity (Wildman–Crippen MR) is 157 cm³/mol. The highest BCUT2D eigenvalue weighted by Gasteiger charge is 2.46. The molecule has 0 bridgehead atoms. The molecular weight excluding hydrogens is 463 g/mol. The smallest absolute Gasteiger partial charge is 0.423 e. The Bertz CT molecular complexity index is 1790. The molecule has 3 heteroatoms. The van der Waals surface area contributed by atoms with Gasteiger partial charge >= 0.3 is 7.12 Å². The highest BCUT2D eigenvalue weighted by molar-refractivity contribution is 6.58. The molecule has 1 aliphatic rings. The van der Waals surface area contributed by atoms with Gasteiger partial charge in [0, 0.05) is 0 Å². The average Bonchev–Trinajstić information content (AvgIpc) is 3.29. The summed E-state index contributed by atoms with van der Waals surface area (Å²) in [5.41, 5.74) is 9.71. The summed E-state index contributed by atoms with van der Waals surface area (Å²) in [6.45, 7) is 0. The first-order chi connectivity index (χ1) is 18.7. The van der Waals surface area contributed by atoms with Crippen LogP contribution in [0.3, 0.4) is 0 Å². The van der Waals surface area contributed by atoms with Gasteiger partial charge in [-0.2, -0.15) is 0 Å². The van der Waals surface area contributed by atoms with Crippen molar-refractivity contribution in [1.82, 2.24) is 0 Å². The van der Waals surface area contributed by atoms with Gasteiger partial charge in [-0.1, -0.05) is 133 Å². The van der Waals surface area contributed by atoms with Gasteiger partial charge in [-0.3, -0.25) is 0 Å². The fourth-order valence-corrected chi connectivity index (χ4v) is 6.30. The molecule has 0 fully saturated rings. The molecule has 2 nitrogen and oxygen atoms in total. The van der Waals surface area contributed by atoms with Gasteiger partial charge in [0.1, 0.15) is 0 Å². The lowest BCUT2D eigenvalue weighted by Gasteiger charge is -2.34. The Balaban J connectivity index is 1.55. The molecule has 7 rings (SSSR count). The molecule has 0 saturated heterocycles. The summed E-state index contributed by atoms with van der Waals surface area (Å²) in [6, 6.07) is 49.1. The Hall–Kier alpha value is -4.44. The van der Waals surface area contributed by atoms with Gasteiger partial charge in [0.15, 0.2) is 0 Å². The molecule has 0 aromatic heterocycles. The normalized spacial score (nSPS) is 15.7. The number of hydrogen-bond donors (Lipinski definition) is 2. The van der Waals surface area contributed by atoms with Crippen molar-refractivity contribution in [2.24, 2.45) is 0 Å². The molecule has 2 N–H and O–H groups in total. The molecule has 6 aromatic carbocycles. The number of hydrogen-bond acceptors (Lipinski definition) is 2. The standard InChI is InChI=1S/C35H25BO2/c37-36(38)29-20-17-24(18-21-29)26-10-8-13-28(23-26)35(27-11-2-1-3-12-27)32-16-7-6-15-31(32)34-30-14-5-4-9-25(30)19-22-33(34)35/h1-23,37-38H. The van der Waals surface area contributed by atoms with Crippen LogP contribution in [0, 0.1) is 0 Å². The summed E-state index contributed by atoms with van der Waals surface area (Å²) in [5, 5.41) is 21.6. The van der Waals surface area contributed by atoms with E-state index < -0.39 is 12.5 Å². The zero-order chi connectivity index (χ0) is 25.7. The zero-order valence-electron chi connectivity index (χ0n) is 20.8. The Morgan fingerprint density at radius 3 is 2.03 bits per heavy atom. The van der Waals surface area contributed by atoms with Crippen LogP contribution in [0.1, 0.15) is 22.3 Å². The Morgan fingerprint density at radius 1 is 0.500 bits per heavy atom. The second-order valence-corrected chi connectivity index (χ2v) is 9.95. The largest absolute Gasteiger partial charge is 0.488 e. The molecule has 0 spiro atoms. The van der Waals surface area contributed by atoms with Gasteiger partial charge in [-0.25, -0.2) is 0 Å². The third-order valence-corrected chi connectivity index (χ3v) is 7.98. The molecule has 0 heterocycles. The molecule has 1 atom stereocenters. The molecule has 6 aromatic rings. The van der Waals surface area contributed by atoms with E-state index in [-0.39, 0.29) is 0 Å². The van der Waals surface area contributed by atoms with Crippen molar-refractivity contribution < 1.29 is 10.0 Å². The van der Waals surface area contributed by atoms with Gasteiger partial charge in [0.25, 0.3) is 0 Å². The Kier molecular flexibility index (Phi) is 5.29. The van der Waals surface area contributed by atoms with E-state index in [1.54, 1.807) is 12.1 Å². The second-order valence-electron chi connectivity index (χ2n) is 9.95. The summed E-state index contributed by atoms with van der Waals surface area (Å²) in [6.07, 6.45) is 0. The van der Waals surface area contributed by atoms with E-state index in [9.17, 15) is 10.0 Å². The zero-order valence-corrected chi connectivity index (χ0v) is 20.8. The minimum atomic E-state index is -1.47. The van der Waals surface area contributed by atoms with Crippen LogP contribution in [0.25, 0.3) is 33.0 Å². The van der Waals surface area contributed by atoms with Crippen molar-refractivity contribution in [1.29, 1.82) is 0 Å². The number of rotatable bonds is 4. The van der Waals surface area contributed by atoms with Crippen molar-refractivity contribution in [2.75, 3.05) is 0 Å². The van der Waals surface area contributed by atoms with Crippen LogP contribution in [-0.4, -0.2) is 17.2 Å². The van der Waals surface area contributed by atoms with Gasteiger partial charge in [0.2, 0.25) is 0 Å². The molecule has 1 aliphatic carbocycles. The van der Waals surface area contributed by atoms with Crippen molar-refractivity contribution in [2.45, 2.75) is 5.41 Å². The van der Waals surface area contributed by atoms with E-state index in [2.05, 4.69) is 115 Å². The quantitative estimate of drug-likeness (QED) is 0.276. The van der Waals surface area contributed by atoms with Gasteiger partial charge in [-0.05, 0) is 66.8 Å². The van der Waals surface area contributed by atoms with Crippen LogP contribution >= 0.6 is 0 Å². The molecule has 1 unspecified atom stereocenters. The van der Waals surface area contributed by atoms with Gasteiger partial charge in [0.05, 0.1) is 5.41 Å². The fourth-order valence-electron chi connectivity index (χ4n) is 6.30. The summed E-state index contributed by atoms with van der Waals surface area (Å²) in [7, 11) is -1.47. The maximum Gasteiger partial charge on any atom is 0.488 e. The molecule has 0 saturated carbocycles. The Morgan fingerprint density at radius 2 is 1.21 bits per heavy atom. The lowest BCUT2D eigenvalue weighted by atomic mass is 9.67.